The van der Waals surface area contributed by atoms with Gasteiger partial charge >= 0.3 is 5.97 Å². The van der Waals surface area contributed by atoms with E-state index in [-0.39, 0.29) is 28.9 Å². The molecule has 1 fully saturated rings. The topological polar surface area (TPSA) is 101 Å². The van der Waals surface area contributed by atoms with Crippen LogP contribution < -0.4 is 0 Å². The largest absolute Gasteiger partial charge is 0.466 e. The first-order valence-corrected chi connectivity index (χ1v) is 12.8. The van der Waals surface area contributed by atoms with Crippen molar-refractivity contribution in [2.24, 2.45) is 5.92 Å². The summed E-state index contributed by atoms with van der Waals surface area (Å²) in [5, 5.41) is 0. The minimum Gasteiger partial charge on any atom is -0.466 e. The normalized spacial score (nSPS) is 18.7. The molecule has 1 aliphatic heterocycles. The number of carbonyl (C=O) groups is 1. The van der Waals surface area contributed by atoms with Gasteiger partial charge in [0, 0.05) is 26.2 Å². The number of nitrogens with zero attached hydrogens (tertiary/aromatic N) is 2. The van der Waals surface area contributed by atoms with Crippen LogP contribution >= 0.6 is 0 Å². The van der Waals surface area contributed by atoms with E-state index in [9.17, 15) is 21.6 Å². The molecule has 10 heteroatoms. The van der Waals surface area contributed by atoms with Crippen molar-refractivity contribution in [3.05, 3.63) is 24.3 Å². The quantitative estimate of drug-likeness (QED) is 0.538. The molecule has 1 atom stereocenters. The lowest BCUT2D eigenvalue weighted by Crippen LogP contribution is -2.42. The highest BCUT2D eigenvalue weighted by Crippen LogP contribution is 2.26. The Morgan fingerprint density at radius 2 is 1.72 bits per heavy atom. The van der Waals surface area contributed by atoms with Gasteiger partial charge in [-0.05, 0) is 50.5 Å². The van der Waals surface area contributed by atoms with Crippen LogP contribution in [-0.4, -0.2) is 64.2 Å². The molecule has 0 amide bonds. The van der Waals surface area contributed by atoms with Gasteiger partial charge in [0.1, 0.15) is 0 Å². The first-order valence-electron chi connectivity index (χ1n) is 9.95. The summed E-state index contributed by atoms with van der Waals surface area (Å²) < 4.78 is 59.0. The van der Waals surface area contributed by atoms with Crippen LogP contribution in [0.5, 0.6) is 0 Å². The van der Waals surface area contributed by atoms with E-state index in [2.05, 4.69) is 0 Å². The molecule has 1 aliphatic rings. The van der Waals surface area contributed by atoms with Crippen molar-refractivity contribution in [1.82, 2.24) is 8.61 Å². The molecule has 0 radical (unpaired) electrons. The third-order valence-corrected chi connectivity index (χ3v) is 8.80. The van der Waals surface area contributed by atoms with Gasteiger partial charge in [-0.25, -0.2) is 16.8 Å². The zero-order chi connectivity index (χ0) is 21.7. The van der Waals surface area contributed by atoms with Crippen LogP contribution in [0.15, 0.2) is 34.1 Å². The van der Waals surface area contributed by atoms with Crippen molar-refractivity contribution in [1.29, 1.82) is 0 Å². The minimum absolute atomic E-state index is 0.0134. The van der Waals surface area contributed by atoms with E-state index in [0.717, 1.165) is 0 Å². The van der Waals surface area contributed by atoms with E-state index in [1.807, 2.05) is 6.92 Å². The highest BCUT2D eigenvalue weighted by atomic mass is 32.2. The zero-order valence-electron chi connectivity index (χ0n) is 17.2. The molecule has 0 aliphatic carbocycles. The van der Waals surface area contributed by atoms with E-state index >= 15 is 0 Å². The number of rotatable bonds is 9. The molecule has 1 heterocycles. The van der Waals surface area contributed by atoms with Gasteiger partial charge in [0.15, 0.2) is 0 Å². The Labute approximate surface area is 173 Å². The van der Waals surface area contributed by atoms with Crippen molar-refractivity contribution in [2.45, 2.75) is 49.8 Å². The van der Waals surface area contributed by atoms with Crippen molar-refractivity contribution >= 4 is 26.0 Å². The predicted octanol–water partition coefficient (Wildman–Crippen LogP) is 2.07. The Morgan fingerprint density at radius 3 is 2.28 bits per heavy atom. The fraction of sp³-hybridized carbons (Fsp3) is 0.632. The standard InChI is InChI=1S/C19H30N2O6S2/c1-4-13-20(5-2)28(23,24)17-9-11-18(12-10-17)29(25,26)21-14-7-8-16(15-21)19(22)27-6-3/h9-12,16H,4-8,13-15H2,1-3H3/t16-/m1/s1. The second-order valence-electron chi connectivity index (χ2n) is 6.92. The van der Waals surface area contributed by atoms with E-state index in [1.165, 1.54) is 32.9 Å². The third kappa shape index (κ3) is 5.36. The monoisotopic (exact) mass is 446 g/mol. The van der Waals surface area contributed by atoms with Gasteiger partial charge in [-0.1, -0.05) is 13.8 Å². The predicted molar refractivity (Wildman–Crippen MR) is 109 cm³/mol. The lowest BCUT2D eigenvalue weighted by atomic mass is 10.0. The minimum atomic E-state index is -3.82. The summed E-state index contributed by atoms with van der Waals surface area (Å²) in [6.45, 7) is 6.77. The summed E-state index contributed by atoms with van der Waals surface area (Å²) in [5.74, 6) is -0.866. The van der Waals surface area contributed by atoms with Crippen LogP contribution in [0.2, 0.25) is 0 Å². The Hall–Kier alpha value is -1.49. The highest BCUT2D eigenvalue weighted by Gasteiger charge is 2.34. The average molecular weight is 447 g/mol. The highest BCUT2D eigenvalue weighted by molar-refractivity contribution is 7.89. The molecule has 0 N–H and O–H groups in total. The third-order valence-electron chi connectivity index (χ3n) is 4.93. The van der Waals surface area contributed by atoms with Crippen LogP contribution in [0.25, 0.3) is 0 Å². The molecule has 2 rings (SSSR count). The fourth-order valence-electron chi connectivity index (χ4n) is 3.39. The van der Waals surface area contributed by atoms with Crippen molar-refractivity contribution in [2.75, 3.05) is 32.8 Å². The Bertz CT molecular complexity index is 897. The van der Waals surface area contributed by atoms with Gasteiger partial charge in [0.2, 0.25) is 20.0 Å². The molecular formula is C19H30N2O6S2. The number of hydrogen-bond acceptors (Lipinski definition) is 6. The summed E-state index contributed by atoms with van der Waals surface area (Å²) in [7, 11) is -7.49. The van der Waals surface area contributed by atoms with E-state index in [1.54, 1.807) is 13.8 Å². The van der Waals surface area contributed by atoms with Crippen molar-refractivity contribution in [3.8, 4) is 0 Å². The average Bonchev–Trinajstić information content (AvgIpc) is 2.72. The van der Waals surface area contributed by atoms with Crippen LogP contribution in [-0.2, 0) is 29.6 Å². The second-order valence-corrected chi connectivity index (χ2v) is 10.8. The van der Waals surface area contributed by atoms with Crippen LogP contribution in [0.3, 0.4) is 0 Å². The fourth-order valence-corrected chi connectivity index (χ4v) is 6.46. The molecule has 1 saturated heterocycles. The summed E-state index contributed by atoms with van der Waals surface area (Å²) >= 11 is 0. The van der Waals surface area contributed by atoms with Gasteiger partial charge in [-0.2, -0.15) is 8.61 Å². The van der Waals surface area contributed by atoms with Gasteiger partial charge in [-0.3, -0.25) is 4.79 Å². The molecule has 0 aromatic heterocycles. The maximum atomic E-state index is 13.0. The number of esters is 1. The number of piperidine rings is 1. The van der Waals surface area contributed by atoms with E-state index in [0.29, 0.717) is 38.9 Å². The smallest absolute Gasteiger partial charge is 0.310 e. The van der Waals surface area contributed by atoms with Gasteiger partial charge in [-0.15, -0.1) is 0 Å². The first-order chi connectivity index (χ1) is 13.7. The molecule has 29 heavy (non-hydrogen) atoms. The molecule has 1 aromatic rings. The molecule has 8 nitrogen and oxygen atoms in total. The summed E-state index contributed by atoms with van der Waals surface area (Å²) in [6, 6.07) is 5.28. The maximum Gasteiger partial charge on any atom is 0.310 e. The number of hydrogen-bond donors (Lipinski definition) is 0. The number of sulfonamides is 2. The number of benzene rings is 1. The van der Waals surface area contributed by atoms with Gasteiger partial charge in [0.05, 0.1) is 22.3 Å². The molecular weight excluding hydrogens is 416 g/mol. The molecule has 0 saturated carbocycles. The van der Waals surface area contributed by atoms with Crippen LogP contribution in [0.1, 0.15) is 40.0 Å². The Morgan fingerprint density at radius 1 is 1.10 bits per heavy atom. The second kappa shape index (κ2) is 10.0. The van der Waals surface area contributed by atoms with Crippen molar-refractivity contribution < 1.29 is 26.4 Å². The summed E-state index contributed by atoms with van der Waals surface area (Å²) in [5.41, 5.74) is 0. The molecule has 0 bridgehead atoms. The van der Waals surface area contributed by atoms with Gasteiger partial charge in [0.25, 0.3) is 0 Å². The number of ether oxygens (including phenoxy) is 1. The Kier molecular flexibility index (Phi) is 8.21. The first kappa shape index (κ1) is 23.8. The lowest BCUT2D eigenvalue weighted by molar-refractivity contribution is -0.149. The molecule has 164 valence electrons. The van der Waals surface area contributed by atoms with Gasteiger partial charge < -0.3 is 4.74 Å². The number of carbonyl (C=O) groups excluding carboxylic acids is 1. The zero-order valence-corrected chi connectivity index (χ0v) is 18.8. The summed E-state index contributed by atoms with van der Waals surface area (Å²) in [4.78, 5) is 12.1. The summed E-state index contributed by atoms with van der Waals surface area (Å²) in [6.07, 6.45) is 1.85. The van der Waals surface area contributed by atoms with Crippen molar-refractivity contribution in [3.63, 3.8) is 0 Å². The Balaban J connectivity index is 2.23. The molecule has 0 unspecified atom stereocenters. The maximum absolute atomic E-state index is 13.0. The SMILES string of the molecule is CCCN(CC)S(=O)(=O)c1ccc(S(=O)(=O)N2CCC[C@@H](C(=O)OCC)C2)cc1. The van der Waals surface area contributed by atoms with Crippen LogP contribution in [0.4, 0.5) is 0 Å². The lowest BCUT2D eigenvalue weighted by Gasteiger charge is -2.30. The van der Waals surface area contributed by atoms with E-state index in [4.69, 9.17) is 4.74 Å². The van der Waals surface area contributed by atoms with Crippen LogP contribution in [0, 0.1) is 5.92 Å². The molecule has 1 aromatic carbocycles. The molecule has 0 spiro atoms. The van der Waals surface area contributed by atoms with E-state index < -0.39 is 26.0 Å².